The van der Waals surface area contributed by atoms with Crippen molar-refractivity contribution in [3.63, 3.8) is 0 Å². The summed E-state index contributed by atoms with van der Waals surface area (Å²) in [7, 11) is 0. The summed E-state index contributed by atoms with van der Waals surface area (Å²) < 4.78 is 5.43. The number of nitrogens with two attached hydrogens (primary N) is 2. The largest absolute Gasteiger partial charge is 0.444 e. The highest BCUT2D eigenvalue weighted by atomic mass is 16.6. The molecule has 1 aliphatic rings. The average Bonchev–Trinajstić information content (AvgIpc) is 2.47. The van der Waals surface area contributed by atoms with Crippen LogP contribution in [0, 0.1) is 6.92 Å². The van der Waals surface area contributed by atoms with Gasteiger partial charge in [-0.05, 0) is 51.0 Å². The second-order valence-corrected chi connectivity index (χ2v) is 6.98. The number of hydrogen-bond acceptors (Lipinski definition) is 5. The van der Waals surface area contributed by atoms with E-state index in [2.05, 4.69) is 11.8 Å². The van der Waals surface area contributed by atoms with E-state index >= 15 is 0 Å². The van der Waals surface area contributed by atoms with Gasteiger partial charge >= 0.3 is 6.09 Å². The van der Waals surface area contributed by atoms with Crippen molar-refractivity contribution in [2.75, 3.05) is 36.8 Å². The minimum absolute atomic E-state index is 0.246. The first-order valence-electron chi connectivity index (χ1n) is 8.03. The number of amides is 1. The van der Waals surface area contributed by atoms with Gasteiger partial charge in [-0.25, -0.2) is 4.79 Å². The molecule has 1 amide bonds. The fraction of sp³-hybridized carbons (Fsp3) is 0.588. The quantitative estimate of drug-likeness (QED) is 0.815. The van der Waals surface area contributed by atoms with Crippen LogP contribution in [0.1, 0.15) is 31.9 Å². The Hall–Kier alpha value is -1.95. The maximum absolute atomic E-state index is 12.1. The molecule has 6 nitrogen and oxygen atoms in total. The Morgan fingerprint density at radius 1 is 1.22 bits per heavy atom. The molecule has 2 rings (SSSR count). The number of nitrogen functional groups attached to an aromatic ring is 1. The van der Waals surface area contributed by atoms with Crippen LogP contribution >= 0.6 is 0 Å². The van der Waals surface area contributed by atoms with Crippen LogP contribution in [0.25, 0.3) is 0 Å². The smallest absolute Gasteiger partial charge is 0.410 e. The van der Waals surface area contributed by atoms with Gasteiger partial charge in [0.2, 0.25) is 0 Å². The lowest BCUT2D eigenvalue weighted by atomic mass is 10.0. The molecular weight excluding hydrogens is 292 g/mol. The molecule has 1 aliphatic heterocycles. The number of piperazine rings is 1. The lowest BCUT2D eigenvalue weighted by Gasteiger charge is -2.37. The minimum Gasteiger partial charge on any atom is -0.444 e. The second kappa shape index (κ2) is 6.66. The summed E-state index contributed by atoms with van der Waals surface area (Å²) in [6.45, 7) is 11.0. The van der Waals surface area contributed by atoms with Gasteiger partial charge in [0, 0.05) is 44.1 Å². The summed E-state index contributed by atoms with van der Waals surface area (Å²) in [6.07, 6.45) is -0.246. The van der Waals surface area contributed by atoms with Crippen molar-refractivity contribution in [2.45, 2.75) is 39.8 Å². The van der Waals surface area contributed by atoms with Crippen LogP contribution in [0.15, 0.2) is 12.1 Å². The van der Waals surface area contributed by atoms with E-state index in [1.165, 1.54) is 0 Å². The molecule has 128 valence electrons. The second-order valence-electron chi connectivity index (χ2n) is 6.98. The molecule has 1 heterocycles. The number of rotatable bonds is 2. The van der Waals surface area contributed by atoms with Gasteiger partial charge in [0.05, 0.1) is 0 Å². The van der Waals surface area contributed by atoms with Gasteiger partial charge in [0.25, 0.3) is 0 Å². The third kappa shape index (κ3) is 4.28. The first-order valence-corrected chi connectivity index (χ1v) is 8.03. The molecule has 0 aromatic heterocycles. The minimum atomic E-state index is -0.464. The van der Waals surface area contributed by atoms with Crippen molar-refractivity contribution in [1.29, 1.82) is 0 Å². The molecular formula is C17H28N4O2. The monoisotopic (exact) mass is 320 g/mol. The highest BCUT2D eigenvalue weighted by Gasteiger charge is 2.26. The van der Waals surface area contributed by atoms with Crippen molar-refractivity contribution >= 4 is 17.5 Å². The van der Waals surface area contributed by atoms with Crippen molar-refractivity contribution in [3.8, 4) is 0 Å². The fourth-order valence-corrected chi connectivity index (χ4v) is 2.78. The zero-order chi connectivity index (χ0) is 17.2. The van der Waals surface area contributed by atoms with E-state index in [4.69, 9.17) is 16.2 Å². The summed E-state index contributed by atoms with van der Waals surface area (Å²) in [5.41, 5.74) is 15.4. The zero-order valence-electron chi connectivity index (χ0n) is 14.6. The van der Waals surface area contributed by atoms with E-state index in [0.29, 0.717) is 19.6 Å². The molecule has 1 saturated heterocycles. The molecule has 1 aromatic carbocycles. The Kier molecular flexibility index (Phi) is 5.04. The van der Waals surface area contributed by atoms with E-state index in [1.54, 1.807) is 4.90 Å². The highest BCUT2D eigenvalue weighted by molar-refractivity contribution is 5.69. The van der Waals surface area contributed by atoms with E-state index in [0.717, 1.165) is 35.6 Å². The average molecular weight is 320 g/mol. The van der Waals surface area contributed by atoms with E-state index in [1.807, 2.05) is 32.9 Å². The number of hydrogen-bond donors (Lipinski definition) is 2. The van der Waals surface area contributed by atoms with Crippen molar-refractivity contribution < 1.29 is 9.53 Å². The molecule has 6 heteroatoms. The molecule has 4 N–H and O–H groups in total. The molecule has 0 aliphatic carbocycles. The number of benzene rings is 1. The van der Waals surface area contributed by atoms with E-state index in [9.17, 15) is 4.79 Å². The van der Waals surface area contributed by atoms with E-state index in [-0.39, 0.29) is 6.09 Å². The number of ether oxygens (including phenoxy) is 1. The Morgan fingerprint density at radius 3 is 2.35 bits per heavy atom. The Morgan fingerprint density at radius 2 is 1.83 bits per heavy atom. The SMILES string of the molecule is Cc1c(CN)cc(N)cc1N1CCN(C(=O)OC(C)(C)C)CC1. The first kappa shape index (κ1) is 17.4. The van der Waals surface area contributed by atoms with Gasteiger partial charge in [0.15, 0.2) is 0 Å². The number of nitrogens with zero attached hydrogens (tertiary/aromatic N) is 2. The molecule has 0 bridgehead atoms. The maximum Gasteiger partial charge on any atom is 0.410 e. The Bertz CT molecular complexity index is 573. The number of anilines is 2. The lowest BCUT2D eigenvalue weighted by molar-refractivity contribution is 0.0240. The summed E-state index contributed by atoms with van der Waals surface area (Å²) in [5.74, 6) is 0. The van der Waals surface area contributed by atoms with Gasteiger partial charge in [-0.15, -0.1) is 0 Å². The zero-order valence-corrected chi connectivity index (χ0v) is 14.6. The van der Waals surface area contributed by atoms with Crippen LogP contribution in [-0.4, -0.2) is 42.8 Å². The van der Waals surface area contributed by atoms with Crippen LogP contribution < -0.4 is 16.4 Å². The molecule has 0 spiro atoms. The summed E-state index contributed by atoms with van der Waals surface area (Å²) in [4.78, 5) is 16.1. The van der Waals surface area contributed by atoms with Crippen molar-refractivity contribution in [2.24, 2.45) is 5.73 Å². The molecule has 0 saturated carbocycles. The predicted octanol–water partition coefficient (Wildman–Crippen LogP) is 2.09. The summed E-state index contributed by atoms with van der Waals surface area (Å²) in [5, 5.41) is 0. The number of carbonyl (C=O) groups is 1. The summed E-state index contributed by atoms with van der Waals surface area (Å²) in [6, 6.07) is 3.91. The van der Waals surface area contributed by atoms with Gasteiger partial charge in [-0.2, -0.15) is 0 Å². The van der Waals surface area contributed by atoms with Gasteiger partial charge in [-0.1, -0.05) is 0 Å². The van der Waals surface area contributed by atoms with Crippen LogP contribution in [0.2, 0.25) is 0 Å². The van der Waals surface area contributed by atoms with E-state index < -0.39 is 5.60 Å². The third-order valence-corrected chi connectivity index (χ3v) is 4.00. The number of carbonyl (C=O) groups excluding carboxylic acids is 1. The topological polar surface area (TPSA) is 84.8 Å². The highest BCUT2D eigenvalue weighted by Crippen LogP contribution is 2.27. The predicted molar refractivity (Wildman–Crippen MR) is 93.5 cm³/mol. The van der Waals surface area contributed by atoms with Crippen LogP contribution in [0.3, 0.4) is 0 Å². The van der Waals surface area contributed by atoms with Crippen molar-refractivity contribution in [3.05, 3.63) is 23.3 Å². The maximum atomic E-state index is 12.1. The fourth-order valence-electron chi connectivity index (χ4n) is 2.78. The van der Waals surface area contributed by atoms with Gasteiger partial charge in [-0.3, -0.25) is 0 Å². The molecule has 0 radical (unpaired) electrons. The van der Waals surface area contributed by atoms with Gasteiger partial charge in [0.1, 0.15) is 5.60 Å². The Balaban J connectivity index is 2.05. The van der Waals surface area contributed by atoms with Crippen LogP contribution in [0.5, 0.6) is 0 Å². The molecule has 0 atom stereocenters. The van der Waals surface area contributed by atoms with Gasteiger partial charge < -0.3 is 26.0 Å². The Labute approximate surface area is 138 Å². The summed E-state index contributed by atoms with van der Waals surface area (Å²) >= 11 is 0. The molecule has 1 fully saturated rings. The first-order chi connectivity index (χ1) is 10.7. The molecule has 1 aromatic rings. The molecule has 23 heavy (non-hydrogen) atoms. The van der Waals surface area contributed by atoms with Crippen LogP contribution in [-0.2, 0) is 11.3 Å². The lowest BCUT2D eigenvalue weighted by Crippen LogP contribution is -2.50. The standard InChI is InChI=1S/C17H28N4O2/c1-12-13(11-18)9-14(19)10-15(12)20-5-7-21(8-6-20)16(22)23-17(2,3)4/h9-10H,5-8,11,18-19H2,1-4H3. The third-order valence-electron chi connectivity index (χ3n) is 4.00. The normalized spacial score (nSPS) is 15.7. The van der Waals surface area contributed by atoms with Crippen LogP contribution in [0.4, 0.5) is 16.2 Å². The van der Waals surface area contributed by atoms with Crippen molar-refractivity contribution in [1.82, 2.24) is 4.90 Å². The molecule has 0 unspecified atom stereocenters.